The summed E-state index contributed by atoms with van der Waals surface area (Å²) >= 11 is 0. The molecule has 3 N–H and O–H groups in total. The van der Waals surface area contributed by atoms with E-state index in [1.807, 2.05) is 13.8 Å². The van der Waals surface area contributed by atoms with Gasteiger partial charge in [-0.1, -0.05) is 19.9 Å². The number of hydrogen-bond acceptors (Lipinski definition) is 4. The van der Waals surface area contributed by atoms with Gasteiger partial charge >= 0.3 is 0 Å². The number of carbonyl (C=O) groups is 1. The van der Waals surface area contributed by atoms with Crippen LogP contribution in [0.5, 0.6) is 0 Å². The van der Waals surface area contributed by atoms with E-state index in [9.17, 15) is 14.9 Å². The summed E-state index contributed by atoms with van der Waals surface area (Å²) in [6.45, 7) is 5.49. The molecule has 0 saturated carbocycles. The maximum atomic E-state index is 11.8. The molecule has 104 valence electrons. The van der Waals surface area contributed by atoms with Crippen LogP contribution in [0.25, 0.3) is 0 Å². The van der Waals surface area contributed by atoms with E-state index in [0.717, 1.165) is 0 Å². The van der Waals surface area contributed by atoms with Crippen molar-refractivity contribution < 1.29 is 9.72 Å². The molecule has 0 radical (unpaired) electrons. The highest BCUT2D eigenvalue weighted by atomic mass is 16.6. The van der Waals surface area contributed by atoms with E-state index < -0.39 is 4.92 Å². The van der Waals surface area contributed by atoms with Crippen LogP contribution in [0.4, 0.5) is 11.4 Å². The van der Waals surface area contributed by atoms with Crippen LogP contribution in [-0.4, -0.2) is 16.9 Å². The molecule has 1 aromatic carbocycles. The Hall–Kier alpha value is -1.95. The summed E-state index contributed by atoms with van der Waals surface area (Å²) in [5.74, 6) is -0.0262. The lowest BCUT2D eigenvalue weighted by atomic mass is 10.0. The Bertz CT molecular complexity index is 486. The van der Waals surface area contributed by atoms with Crippen LogP contribution in [0.1, 0.15) is 25.8 Å². The number of nitrogens with zero attached hydrogens (tertiary/aromatic N) is 1. The van der Waals surface area contributed by atoms with Crippen molar-refractivity contribution in [1.82, 2.24) is 0 Å². The fourth-order valence-electron chi connectivity index (χ4n) is 1.61. The van der Waals surface area contributed by atoms with Gasteiger partial charge in [0.05, 0.1) is 16.2 Å². The molecule has 0 aliphatic rings. The molecule has 0 fully saturated rings. The number of amides is 1. The number of nitrogens with one attached hydrogen (secondary N) is 1. The lowest BCUT2D eigenvalue weighted by Crippen LogP contribution is -2.31. The Morgan fingerprint density at radius 1 is 1.47 bits per heavy atom. The average Bonchev–Trinajstić information content (AvgIpc) is 2.31. The minimum Gasteiger partial charge on any atom is -0.327 e. The first-order chi connectivity index (χ1) is 8.82. The van der Waals surface area contributed by atoms with Crippen LogP contribution in [-0.2, 0) is 4.79 Å². The van der Waals surface area contributed by atoms with Crippen molar-refractivity contribution in [3.05, 3.63) is 33.9 Å². The van der Waals surface area contributed by atoms with Gasteiger partial charge in [-0.15, -0.1) is 0 Å². The largest absolute Gasteiger partial charge is 0.327 e. The lowest BCUT2D eigenvalue weighted by Gasteiger charge is -2.15. The number of nitro benzene ring substituents is 1. The summed E-state index contributed by atoms with van der Waals surface area (Å²) in [4.78, 5) is 22.1. The number of anilines is 1. The zero-order valence-corrected chi connectivity index (χ0v) is 11.3. The smallest absolute Gasteiger partial charge is 0.274 e. The van der Waals surface area contributed by atoms with E-state index in [2.05, 4.69) is 5.32 Å². The predicted octanol–water partition coefficient (Wildman–Crippen LogP) is 2.22. The van der Waals surface area contributed by atoms with E-state index in [-0.39, 0.29) is 30.0 Å². The van der Waals surface area contributed by atoms with Gasteiger partial charge in [-0.05, 0) is 18.9 Å². The summed E-state index contributed by atoms with van der Waals surface area (Å²) in [6.07, 6.45) is 0.194. The number of rotatable bonds is 5. The molecule has 1 rings (SSSR count). The van der Waals surface area contributed by atoms with Crippen molar-refractivity contribution in [2.75, 3.05) is 5.32 Å². The summed E-state index contributed by atoms with van der Waals surface area (Å²) in [6, 6.07) is 4.37. The molecule has 1 amide bonds. The predicted molar refractivity (Wildman–Crippen MR) is 73.9 cm³/mol. The number of nitro groups is 1. The second-order valence-electron chi connectivity index (χ2n) is 4.87. The fraction of sp³-hybridized carbons (Fsp3) is 0.462. The minimum absolute atomic E-state index is 0.00837. The summed E-state index contributed by atoms with van der Waals surface area (Å²) in [5, 5.41) is 13.5. The van der Waals surface area contributed by atoms with Gasteiger partial charge < -0.3 is 11.1 Å². The molecule has 6 nitrogen and oxygen atoms in total. The molecule has 0 spiro atoms. The third-order valence-corrected chi connectivity index (χ3v) is 3.05. The molecular weight excluding hydrogens is 246 g/mol. The highest BCUT2D eigenvalue weighted by molar-refractivity contribution is 5.92. The Labute approximate surface area is 112 Å². The SMILES string of the molecule is Cc1c(NC(=O)CC(N)C(C)C)cccc1[N+](=O)[O-]. The number of benzene rings is 1. The first-order valence-electron chi connectivity index (χ1n) is 6.12. The Morgan fingerprint density at radius 3 is 2.63 bits per heavy atom. The maximum absolute atomic E-state index is 11.8. The summed E-state index contributed by atoms with van der Waals surface area (Å²) in [7, 11) is 0. The van der Waals surface area contributed by atoms with Crippen LogP contribution in [0.3, 0.4) is 0 Å². The molecule has 19 heavy (non-hydrogen) atoms. The van der Waals surface area contributed by atoms with Crippen LogP contribution in [0.15, 0.2) is 18.2 Å². The van der Waals surface area contributed by atoms with Crippen molar-refractivity contribution in [2.24, 2.45) is 11.7 Å². The number of carbonyl (C=O) groups excluding carboxylic acids is 1. The van der Waals surface area contributed by atoms with Gasteiger partial charge in [0.25, 0.3) is 5.69 Å². The second-order valence-corrected chi connectivity index (χ2v) is 4.87. The maximum Gasteiger partial charge on any atom is 0.274 e. The van der Waals surface area contributed by atoms with Gasteiger partial charge in [-0.25, -0.2) is 0 Å². The van der Waals surface area contributed by atoms with Gasteiger partial charge in [0.1, 0.15) is 0 Å². The first kappa shape index (κ1) is 15.1. The highest BCUT2D eigenvalue weighted by Gasteiger charge is 2.17. The van der Waals surface area contributed by atoms with Gasteiger partial charge in [0.2, 0.25) is 5.91 Å². The van der Waals surface area contributed by atoms with Crippen molar-refractivity contribution in [3.63, 3.8) is 0 Å². The quantitative estimate of drug-likeness (QED) is 0.630. The Balaban J connectivity index is 2.80. The van der Waals surface area contributed by atoms with Gasteiger partial charge in [-0.2, -0.15) is 0 Å². The Morgan fingerprint density at radius 2 is 2.11 bits per heavy atom. The van der Waals surface area contributed by atoms with Crippen molar-refractivity contribution in [1.29, 1.82) is 0 Å². The number of nitrogens with two attached hydrogens (primary N) is 1. The molecule has 0 saturated heterocycles. The average molecular weight is 265 g/mol. The summed E-state index contributed by atoms with van der Waals surface area (Å²) < 4.78 is 0. The zero-order valence-electron chi connectivity index (χ0n) is 11.3. The Kier molecular flexibility index (Phi) is 5.00. The van der Waals surface area contributed by atoms with Crippen LogP contribution < -0.4 is 11.1 Å². The molecule has 0 bridgehead atoms. The normalized spacial score (nSPS) is 12.3. The monoisotopic (exact) mass is 265 g/mol. The van der Waals surface area contributed by atoms with Crippen molar-refractivity contribution >= 4 is 17.3 Å². The van der Waals surface area contributed by atoms with Gasteiger partial charge in [0, 0.05) is 18.5 Å². The molecule has 0 aromatic heterocycles. The zero-order chi connectivity index (χ0) is 14.6. The number of hydrogen-bond donors (Lipinski definition) is 2. The minimum atomic E-state index is -0.467. The van der Waals surface area contributed by atoms with Crippen molar-refractivity contribution in [2.45, 2.75) is 33.2 Å². The molecule has 6 heteroatoms. The van der Waals surface area contributed by atoms with Gasteiger partial charge in [-0.3, -0.25) is 14.9 Å². The topological polar surface area (TPSA) is 98.3 Å². The highest BCUT2D eigenvalue weighted by Crippen LogP contribution is 2.25. The van der Waals surface area contributed by atoms with Crippen molar-refractivity contribution in [3.8, 4) is 0 Å². The van der Waals surface area contributed by atoms with E-state index in [1.54, 1.807) is 19.1 Å². The van der Waals surface area contributed by atoms with E-state index in [1.165, 1.54) is 6.07 Å². The van der Waals surface area contributed by atoms with E-state index >= 15 is 0 Å². The molecular formula is C13H19N3O3. The molecule has 1 unspecified atom stereocenters. The first-order valence-corrected chi connectivity index (χ1v) is 6.12. The van der Waals surface area contributed by atoms with E-state index in [4.69, 9.17) is 5.73 Å². The van der Waals surface area contributed by atoms with Crippen LogP contribution in [0.2, 0.25) is 0 Å². The molecule has 1 aromatic rings. The van der Waals surface area contributed by atoms with E-state index in [0.29, 0.717) is 11.3 Å². The third-order valence-electron chi connectivity index (χ3n) is 3.05. The van der Waals surface area contributed by atoms with Gasteiger partial charge in [0.15, 0.2) is 0 Å². The molecule has 1 atom stereocenters. The molecule has 0 aliphatic carbocycles. The lowest BCUT2D eigenvalue weighted by molar-refractivity contribution is -0.385. The van der Waals surface area contributed by atoms with Crippen LogP contribution in [0, 0.1) is 23.0 Å². The fourth-order valence-corrected chi connectivity index (χ4v) is 1.61. The standard InChI is InChI=1S/C13H19N3O3/c1-8(2)10(14)7-13(17)15-11-5-4-6-12(9(11)3)16(18)19/h4-6,8,10H,7,14H2,1-3H3,(H,15,17). The second kappa shape index (κ2) is 6.29. The third kappa shape index (κ3) is 4.03. The van der Waals surface area contributed by atoms with Crippen LogP contribution >= 0.6 is 0 Å². The molecule has 0 heterocycles. The molecule has 0 aliphatic heterocycles. The summed E-state index contributed by atoms with van der Waals surface area (Å²) in [5.41, 5.74) is 6.71.